The Kier molecular flexibility index (Phi) is 4.36. The Morgan fingerprint density at radius 1 is 0.931 bits per heavy atom. The van der Waals surface area contributed by atoms with E-state index < -0.39 is 12.2 Å². The Balaban J connectivity index is 1.35. The number of amides is 1. The third-order valence-electron chi connectivity index (χ3n) is 6.21. The topological polar surface area (TPSA) is 49.8 Å². The van der Waals surface area contributed by atoms with E-state index in [0.717, 1.165) is 11.1 Å². The molecule has 0 spiro atoms. The normalized spacial score (nSPS) is 19.4. The van der Waals surface area contributed by atoms with Gasteiger partial charge in [-0.3, -0.25) is 0 Å². The van der Waals surface area contributed by atoms with Gasteiger partial charge in [0.05, 0.1) is 12.1 Å². The molecule has 0 fully saturated rings. The van der Waals surface area contributed by atoms with Gasteiger partial charge in [0.2, 0.25) is 0 Å². The average Bonchev–Trinajstić information content (AvgIpc) is 3.25. The van der Waals surface area contributed by atoms with Gasteiger partial charge in [0.15, 0.2) is 0 Å². The van der Waals surface area contributed by atoms with Crippen LogP contribution in [0.3, 0.4) is 0 Å². The standard InChI is InChI=1S/C25H23NO3/c1-26(24-17-9-3-2-8-16(17)14-23(24)27)25(28)29-15-22-20-12-6-4-10-18(20)19-11-5-7-13-21(19)22/h2-13,22-24,27H,14-15H2,1H3/t23-,24-/m0/s1. The summed E-state index contributed by atoms with van der Waals surface area (Å²) in [5, 5.41) is 10.5. The fraction of sp³-hybridized carbons (Fsp3) is 0.240. The van der Waals surface area contributed by atoms with Gasteiger partial charge in [-0.15, -0.1) is 0 Å². The molecular weight excluding hydrogens is 362 g/mol. The molecule has 4 heteroatoms. The van der Waals surface area contributed by atoms with Gasteiger partial charge in [-0.1, -0.05) is 72.8 Å². The van der Waals surface area contributed by atoms with E-state index in [0.29, 0.717) is 6.42 Å². The van der Waals surface area contributed by atoms with Crippen LogP contribution < -0.4 is 0 Å². The summed E-state index contributed by atoms with van der Waals surface area (Å²) >= 11 is 0. The summed E-state index contributed by atoms with van der Waals surface area (Å²) in [5.74, 6) is 0.0283. The highest BCUT2D eigenvalue weighted by molar-refractivity contribution is 5.79. The number of ether oxygens (including phenoxy) is 1. The van der Waals surface area contributed by atoms with Crippen LogP contribution in [0, 0.1) is 0 Å². The quantitative estimate of drug-likeness (QED) is 0.721. The highest BCUT2D eigenvalue weighted by atomic mass is 16.6. The molecule has 2 aliphatic carbocycles. The first-order valence-electron chi connectivity index (χ1n) is 9.99. The van der Waals surface area contributed by atoms with Crippen molar-refractivity contribution < 1.29 is 14.6 Å². The van der Waals surface area contributed by atoms with Gasteiger partial charge < -0.3 is 14.7 Å². The highest BCUT2D eigenvalue weighted by Crippen LogP contribution is 2.44. The van der Waals surface area contributed by atoms with Crippen molar-refractivity contribution in [3.05, 3.63) is 95.1 Å². The van der Waals surface area contributed by atoms with E-state index in [1.165, 1.54) is 27.2 Å². The molecule has 0 saturated carbocycles. The van der Waals surface area contributed by atoms with Crippen molar-refractivity contribution in [3.8, 4) is 11.1 Å². The van der Waals surface area contributed by atoms with Gasteiger partial charge in [0.25, 0.3) is 0 Å². The molecule has 0 bridgehead atoms. The molecule has 0 heterocycles. The van der Waals surface area contributed by atoms with E-state index in [9.17, 15) is 9.90 Å². The molecule has 1 N–H and O–H groups in total. The van der Waals surface area contributed by atoms with Crippen molar-refractivity contribution in [1.82, 2.24) is 4.90 Å². The van der Waals surface area contributed by atoms with Crippen molar-refractivity contribution in [2.75, 3.05) is 13.7 Å². The molecule has 146 valence electrons. The molecule has 0 radical (unpaired) electrons. The third kappa shape index (κ3) is 2.91. The van der Waals surface area contributed by atoms with Crippen LogP contribution in [0.4, 0.5) is 4.79 Å². The summed E-state index contributed by atoms with van der Waals surface area (Å²) in [7, 11) is 1.70. The number of hydrogen-bond donors (Lipinski definition) is 1. The minimum atomic E-state index is -0.613. The molecule has 0 aliphatic heterocycles. The van der Waals surface area contributed by atoms with Gasteiger partial charge in [0, 0.05) is 19.4 Å². The minimum Gasteiger partial charge on any atom is -0.448 e. The number of aliphatic hydroxyl groups is 1. The first-order chi connectivity index (χ1) is 14.1. The molecule has 3 aromatic carbocycles. The van der Waals surface area contributed by atoms with E-state index in [4.69, 9.17) is 4.74 Å². The van der Waals surface area contributed by atoms with E-state index in [1.807, 2.05) is 48.5 Å². The lowest BCUT2D eigenvalue weighted by Gasteiger charge is -2.28. The van der Waals surface area contributed by atoms with Crippen LogP contribution in [-0.2, 0) is 11.2 Å². The third-order valence-corrected chi connectivity index (χ3v) is 6.21. The van der Waals surface area contributed by atoms with Crippen LogP contribution in [0.15, 0.2) is 72.8 Å². The van der Waals surface area contributed by atoms with Gasteiger partial charge in [0.1, 0.15) is 6.61 Å². The first kappa shape index (κ1) is 18.0. The summed E-state index contributed by atoms with van der Waals surface area (Å²) in [6.07, 6.45) is -0.465. The molecule has 3 aromatic rings. The van der Waals surface area contributed by atoms with Gasteiger partial charge in [-0.25, -0.2) is 4.79 Å². The monoisotopic (exact) mass is 385 g/mol. The SMILES string of the molecule is CN(C(=O)OCC1c2ccccc2-c2ccccc21)[C@H]1c2ccccc2C[C@@H]1O. The Hall–Kier alpha value is -3.11. The van der Waals surface area contributed by atoms with Gasteiger partial charge in [-0.2, -0.15) is 0 Å². The predicted octanol–water partition coefficient (Wildman–Crippen LogP) is 4.53. The van der Waals surface area contributed by atoms with Crippen molar-refractivity contribution >= 4 is 6.09 Å². The molecule has 0 aromatic heterocycles. The Morgan fingerprint density at radius 3 is 2.14 bits per heavy atom. The number of carbonyl (C=O) groups is 1. The molecule has 0 unspecified atom stereocenters. The molecule has 5 rings (SSSR count). The number of aliphatic hydroxyl groups excluding tert-OH is 1. The summed E-state index contributed by atoms with van der Waals surface area (Å²) in [5.41, 5.74) is 6.88. The summed E-state index contributed by atoms with van der Waals surface area (Å²) in [6.45, 7) is 0.279. The molecule has 29 heavy (non-hydrogen) atoms. The van der Waals surface area contributed by atoms with Crippen LogP contribution in [-0.4, -0.2) is 35.9 Å². The van der Waals surface area contributed by atoms with Crippen LogP contribution in [0.2, 0.25) is 0 Å². The highest BCUT2D eigenvalue weighted by Gasteiger charge is 2.37. The molecule has 2 aliphatic rings. The van der Waals surface area contributed by atoms with Crippen molar-refractivity contribution in [2.45, 2.75) is 24.5 Å². The smallest absolute Gasteiger partial charge is 0.410 e. The number of rotatable bonds is 3. The summed E-state index contributed by atoms with van der Waals surface area (Å²) < 4.78 is 5.75. The maximum Gasteiger partial charge on any atom is 0.410 e. The number of hydrogen-bond acceptors (Lipinski definition) is 3. The maximum atomic E-state index is 12.9. The van der Waals surface area contributed by atoms with Crippen molar-refractivity contribution in [2.24, 2.45) is 0 Å². The van der Waals surface area contributed by atoms with Crippen molar-refractivity contribution in [1.29, 1.82) is 0 Å². The van der Waals surface area contributed by atoms with Crippen LogP contribution in [0.5, 0.6) is 0 Å². The second-order valence-corrected chi connectivity index (χ2v) is 7.83. The Bertz CT molecular complexity index is 1030. The van der Waals surface area contributed by atoms with E-state index in [1.54, 1.807) is 7.05 Å². The lowest BCUT2D eigenvalue weighted by atomic mass is 9.98. The lowest BCUT2D eigenvalue weighted by molar-refractivity contribution is 0.0514. The number of fused-ring (bicyclic) bond motifs is 4. The molecule has 0 saturated heterocycles. The summed E-state index contributed by atoms with van der Waals surface area (Å²) in [4.78, 5) is 14.4. The molecule has 1 amide bonds. The van der Waals surface area contributed by atoms with E-state index >= 15 is 0 Å². The van der Waals surface area contributed by atoms with Gasteiger partial charge >= 0.3 is 6.09 Å². The van der Waals surface area contributed by atoms with E-state index in [-0.39, 0.29) is 18.6 Å². The minimum absolute atomic E-state index is 0.0283. The second-order valence-electron chi connectivity index (χ2n) is 7.83. The van der Waals surface area contributed by atoms with Crippen LogP contribution in [0.25, 0.3) is 11.1 Å². The zero-order chi connectivity index (χ0) is 20.0. The van der Waals surface area contributed by atoms with Gasteiger partial charge in [-0.05, 0) is 33.4 Å². The maximum absolute atomic E-state index is 12.9. The number of benzene rings is 3. The Labute approximate surface area is 170 Å². The first-order valence-corrected chi connectivity index (χ1v) is 9.99. The number of nitrogens with zero attached hydrogens (tertiary/aromatic N) is 1. The molecular formula is C25H23NO3. The fourth-order valence-electron chi connectivity index (χ4n) is 4.83. The van der Waals surface area contributed by atoms with Crippen molar-refractivity contribution in [3.63, 3.8) is 0 Å². The fourth-order valence-corrected chi connectivity index (χ4v) is 4.83. The molecule has 4 nitrogen and oxygen atoms in total. The van der Waals surface area contributed by atoms with Crippen LogP contribution in [0.1, 0.15) is 34.2 Å². The number of likely N-dealkylation sites (N-methyl/N-ethyl adjacent to an activating group) is 1. The largest absolute Gasteiger partial charge is 0.448 e. The zero-order valence-electron chi connectivity index (χ0n) is 16.3. The summed E-state index contributed by atoms with van der Waals surface area (Å²) in [6, 6.07) is 24.1. The predicted molar refractivity (Wildman–Crippen MR) is 112 cm³/mol. The van der Waals surface area contributed by atoms with E-state index in [2.05, 4.69) is 24.3 Å². The average molecular weight is 385 g/mol. The number of carbonyl (C=O) groups excluding carboxylic acids is 1. The second kappa shape index (κ2) is 7.05. The Morgan fingerprint density at radius 2 is 1.48 bits per heavy atom. The molecule has 2 atom stereocenters. The lowest BCUT2D eigenvalue weighted by Crippen LogP contribution is -2.36. The van der Waals surface area contributed by atoms with Crippen LogP contribution >= 0.6 is 0 Å². The zero-order valence-corrected chi connectivity index (χ0v) is 16.3.